The van der Waals surface area contributed by atoms with Crippen molar-refractivity contribution in [2.24, 2.45) is 0 Å². The third-order valence-electron chi connectivity index (χ3n) is 5.38. The summed E-state index contributed by atoms with van der Waals surface area (Å²) >= 11 is 0. The maximum absolute atomic E-state index is 13.3. The lowest BCUT2D eigenvalue weighted by Crippen LogP contribution is -2.34. The molecule has 1 N–H and O–H groups in total. The fraction of sp³-hybridized carbons (Fsp3) is 0.292. The van der Waals surface area contributed by atoms with Crippen LogP contribution in [0.5, 0.6) is 23.0 Å². The van der Waals surface area contributed by atoms with Crippen LogP contribution in [0.15, 0.2) is 36.4 Å². The molecule has 2 aliphatic rings. The Morgan fingerprint density at radius 2 is 1.87 bits per heavy atom. The van der Waals surface area contributed by atoms with E-state index in [2.05, 4.69) is 0 Å². The van der Waals surface area contributed by atoms with E-state index in [1.54, 1.807) is 13.2 Å². The highest BCUT2D eigenvalue weighted by Crippen LogP contribution is 2.51. The van der Waals surface area contributed by atoms with Crippen LogP contribution in [0.4, 0.5) is 0 Å². The van der Waals surface area contributed by atoms with Gasteiger partial charge in [-0.25, -0.2) is 0 Å². The van der Waals surface area contributed by atoms with Crippen LogP contribution in [-0.2, 0) is 4.74 Å². The van der Waals surface area contributed by atoms with Gasteiger partial charge in [-0.05, 0) is 35.9 Å². The summed E-state index contributed by atoms with van der Waals surface area (Å²) in [7, 11) is 4.59. The van der Waals surface area contributed by atoms with Gasteiger partial charge < -0.3 is 28.8 Å². The summed E-state index contributed by atoms with van der Waals surface area (Å²) in [6.07, 6.45) is 5.23. The van der Waals surface area contributed by atoms with E-state index < -0.39 is 12.2 Å². The number of benzene rings is 2. The summed E-state index contributed by atoms with van der Waals surface area (Å²) in [4.78, 5) is 13.3. The fourth-order valence-electron chi connectivity index (χ4n) is 3.79. The van der Waals surface area contributed by atoms with Gasteiger partial charge in [0.1, 0.15) is 54.0 Å². The third-order valence-corrected chi connectivity index (χ3v) is 5.38. The number of methoxy groups -OCH3 is 3. The number of aliphatic hydroxyl groups is 1. The minimum Gasteiger partial charge on any atom is -0.497 e. The molecule has 0 bridgehead atoms. The van der Waals surface area contributed by atoms with Gasteiger partial charge in [0.25, 0.3) is 0 Å². The maximum Gasteiger partial charge on any atom is 0.193 e. The topological polar surface area (TPSA) is 83.5 Å². The number of fused-ring (bicyclic) bond motifs is 3. The lowest BCUT2D eigenvalue weighted by Gasteiger charge is -2.34. The van der Waals surface area contributed by atoms with E-state index in [0.717, 1.165) is 11.3 Å². The maximum atomic E-state index is 13.3. The van der Waals surface area contributed by atoms with Crippen molar-refractivity contribution < 1.29 is 33.6 Å². The van der Waals surface area contributed by atoms with Crippen molar-refractivity contribution in [3.63, 3.8) is 0 Å². The Morgan fingerprint density at radius 3 is 2.55 bits per heavy atom. The van der Waals surface area contributed by atoms with Crippen molar-refractivity contribution in [1.29, 1.82) is 0 Å². The Balaban J connectivity index is 1.81. The van der Waals surface area contributed by atoms with E-state index in [9.17, 15) is 9.90 Å². The number of ether oxygens (including phenoxy) is 5. The number of aliphatic hydroxyl groups excluding tert-OH is 1. The van der Waals surface area contributed by atoms with E-state index in [-0.39, 0.29) is 23.7 Å². The predicted molar refractivity (Wildman–Crippen MR) is 115 cm³/mol. The number of allylic oxidation sites excluding steroid dienone is 1. The molecule has 0 spiro atoms. The van der Waals surface area contributed by atoms with Gasteiger partial charge in [-0.1, -0.05) is 18.2 Å². The molecule has 0 saturated carbocycles. The predicted octanol–water partition coefficient (Wildman–Crippen LogP) is 3.45. The molecule has 162 valence electrons. The minimum absolute atomic E-state index is 0.102. The summed E-state index contributed by atoms with van der Waals surface area (Å²) in [6, 6.07) is 7.33. The Hall–Kier alpha value is -3.29. The summed E-state index contributed by atoms with van der Waals surface area (Å²) in [5.41, 5.74) is 2.07. The second-order valence-corrected chi connectivity index (χ2v) is 7.11. The second kappa shape index (κ2) is 8.83. The summed E-state index contributed by atoms with van der Waals surface area (Å²) < 4.78 is 27.8. The number of hydrogen-bond acceptors (Lipinski definition) is 7. The quantitative estimate of drug-likeness (QED) is 0.562. The Kier molecular flexibility index (Phi) is 5.97. The molecule has 0 aliphatic carbocycles. The molecule has 2 aromatic rings. The lowest BCUT2D eigenvalue weighted by molar-refractivity contribution is -0.0524. The summed E-state index contributed by atoms with van der Waals surface area (Å²) in [5, 5.41) is 10.9. The van der Waals surface area contributed by atoms with Gasteiger partial charge in [-0.15, -0.1) is 0 Å². The molecule has 2 heterocycles. The van der Waals surface area contributed by atoms with Gasteiger partial charge in [0, 0.05) is 7.11 Å². The van der Waals surface area contributed by atoms with Crippen molar-refractivity contribution in [2.75, 3.05) is 34.5 Å². The number of ketones is 1. The number of rotatable bonds is 6. The van der Waals surface area contributed by atoms with E-state index in [1.807, 2.05) is 36.4 Å². The summed E-state index contributed by atoms with van der Waals surface area (Å²) in [6.45, 7) is 0.447. The highest BCUT2D eigenvalue weighted by Gasteiger charge is 2.39. The van der Waals surface area contributed by atoms with Crippen LogP contribution in [0.25, 0.3) is 12.2 Å². The number of carbonyl (C=O) groups is 1. The Labute approximate surface area is 180 Å². The zero-order valence-corrected chi connectivity index (χ0v) is 17.6. The first-order valence-corrected chi connectivity index (χ1v) is 9.86. The molecule has 7 heteroatoms. The van der Waals surface area contributed by atoms with Crippen molar-refractivity contribution in [1.82, 2.24) is 0 Å². The van der Waals surface area contributed by atoms with Gasteiger partial charge in [0.05, 0.1) is 25.3 Å². The highest BCUT2D eigenvalue weighted by atomic mass is 16.5. The molecule has 0 amide bonds. The monoisotopic (exact) mass is 424 g/mol. The molecule has 0 fully saturated rings. The van der Waals surface area contributed by atoms with Crippen LogP contribution in [0.2, 0.25) is 0 Å². The van der Waals surface area contributed by atoms with E-state index in [4.69, 9.17) is 23.7 Å². The van der Waals surface area contributed by atoms with Crippen molar-refractivity contribution >= 4 is 17.9 Å². The largest absolute Gasteiger partial charge is 0.497 e. The molecule has 0 saturated heterocycles. The fourth-order valence-corrected chi connectivity index (χ4v) is 3.79. The highest BCUT2D eigenvalue weighted by molar-refractivity contribution is 6.12. The molecule has 0 unspecified atom stereocenters. The van der Waals surface area contributed by atoms with E-state index >= 15 is 0 Å². The minimum atomic E-state index is -1.00. The van der Waals surface area contributed by atoms with Crippen LogP contribution in [0, 0.1) is 0 Å². The standard InChI is InChI=1S/C24H24O7/c1-27-15-9-6-14(7-10-15)8-11-17(25)19-22(29-3)16-5-4-12-30-23(16)20-21(26)18(28-2)13-31-24(19)20/h4-11,18,21,26H,12-13H2,1-3H3/b11-8+/t18-,21-/m1/s1. The Morgan fingerprint density at radius 1 is 1.10 bits per heavy atom. The van der Waals surface area contributed by atoms with Crippen LogP contribution in [-0.4, -0.2) is 51.5 Å². The van der Waals surface area contributed by atoms with Gasteiger partial charge in [0.2, 0.25) is 0 Å². The molecule has 4 rings (SSSR count). The second-order valence-electron chi connectivity index (χ2n) is 7.11. The molecule has 7 nitrogen and oxygen atoms in total. The number of hydrogen-bond donors (Lipinski definition) is 1. The van der Waals surface area contributed by atoms with Gasteiger partial charge in [-0.3, -0.25) is 4.79 Å². The SMILES string of the molecule is COc1ccc(/C=C/C(=O)c2c(OC)c3c(c4c2OC[C@@H](OC)[C@H]4O)OCC=C3)cc1. The zero-order chi connectivity index (χ0) is 22.0. The molecule has 2 atom stereocenters. The molecule has 2 aromatic carbocycles. The molecule has 31 heavy (non-hydrogen) atoms. The van der Waals surface area contributed by atoms with Crippen LogP contribution in [0.3, 0.4) is 0 Å². The Bertz CT molecular complexity index is 1040. The smallest absolute Gasteiger partial charge is 0.193 e. The average molecular weight is 424 g/mol. The molecular formula is C24H24O7. The summed E-state index contributed by atoms with van der Waals surface area (Å²) in [5.74, 6) is 1.47. The molecule has 2 aliphatic heterocycles. The molecular weight excluding hydrogens is 400 g/mol. The molecule has 0 radical (unpaired) electrons. The third kappa shape index (κ3) is 3.78. The van der Waals surface area contributed by atoms with Crippen molar-refractivity contribution in [3.05, 3.63) is 58.7 Å². The first kappa shape index (κ1) is 21.0. The normalized spacial score (nSPS) is 19.2. The van der Waals surface area contributed by atoms with Crippen LogP contribution >= 0.6 is 0 Å². The lowest BCUT2D eigenvalue weighted by atomic mass is 9.90. The van der Waals surface area contributed by atoms with Crippen molar-refractivity contribution in [3.8, 4) is 23.0 Å². The van der Waals surface area contributed by atoms with Crippen LogP contribution in [0.1, 0.15) is 33.2 Å². The van der Waals surface area contributed by atoms with Crippen molar-refractivity contribution in [2.45, 2.75) is 12.2 Å². The average Bonchev–Trinajstić information content (AvgIpc) is 2.82. The van der Waals surface area contributed by atoms with Gasteiger partial charge in [0.15, 0.2) is 5.78 Å². The van der Waals surface area contributed by atoms with Gasteiger partial charge in [-0.2, -0.15) is 0 Å². The van der Waals surface area contributed by atoms with E-state index in [1.165, 1.54) is 20.3 Å². The van der Waals surface area contributed by atoms with Crippen LogP contribution < -0.4 is 18.9 Å². The first-order chi connectivity index (χ1) is 15.1. The van der Waals surface area contributed by atoms with Gasteiger partial charge >= 0.3 is 0 Å². The number of carbonyl (C=O) groups excluding carboxylic acids is 1. The molecule has 0 aromatic heterocycles. The van der Waals surface area contributed by atoms with E-state index in [0.29, 0.717) is 29.2 Å². The first-order valence-electron chi connectivity index (χ1n) is 9.86. The zero-order valence-electron chi connectivity index (χ0n) is 17.6.